The number of rotatable bonds is 3. The lowest BCUT2D eigenvalue weighted by Gasteiger charge is -2.26. The molecule has 0 spiro atoms. The van der Waals surface area contributed by atoms with Gasteiger partial charge in [-0.3, -0.25) is 4.79 Å². The quantitative estimate of drug-likeness (QED) is 0.897. The Morgan fingerprint density at radius 2 is 1.75 bits per heavy atom. The maximum atomic E-state index is 11.0. The van der Waals surface area contributed by atoms with Crippen LogP contribution in [0.3, 0.4) is 0 Å². The minimum Gasteiger partial charge on any atom is -0.382 e. The molecule has 3 N–H and O–H groups in total. The zero-order valence-electron chi connectivity index (χ0n) is 11.3. The average molecular weight is 266 g/mol. The molecule has 3 nitrogen and oxygen atoms in total. The van der Waals surface area contributed by atoms with E-state index in [4.69, 9.17) is 5.73 Å². The van der Waals surface area contributed by atoms with Gasteiger partial charge in [0.15, 0.2) is 0 Å². The predicted octanol–water partition coefficient (Wildman–Crippen LogP) is 2.75. The number of anilines is 1. The average Bonchev–Trinajstić information content (AvgIpc) is 2.48. The second-order valence-electron chi connectivity index (χ2n) is 5.29. The molecule has 0 bridgehead atoms. The highest BCUT2D eigenvalue weighted by Gasteiger charge is 2.17. The number of amides is 1. The van der Waals surface area contributed by atoms with Crippen molar-refractivity contribution in [2.24, 2.45) is 5.73 Å². The van der Waals surface area contributed by atoms with Gasteiger partial charge in [0.2, 0.25) is 5.91 Å². The van der Waals surface area contributed by atoms with Gasteiger partial charge >= 0.3 is 0 Å². The number of hydrogen-bond acceptors (Lipinski definition) is 2. The molecule has 1 aliphatic carbocycles. The molecule has 3 rings (SSSR count). The van der Waals surface area contributed by atoms with Crippen molar-refractivity contribution < 1.29 is 4.79 Å². The summed E-state index contributed by atoms with van der Waals surface area (Å²) in [4.78, 5) is 11.0. The van der Waals surface area contributed by atoms with Gasteiger partial charge in [0, 0.05) is 17.3 Å². The van der Waals surface area contributed by atoms with Crippen LogP contribution in [0.2, 0.25) is 0 Å². The van der Waals surface area contributed by atoms with Crippen molar-refractivity contribution >= 4 is 11.6 Å². The predicted molar refractivity (Wildman–Crippen MR) is 80.8 cm³/mol. The van der Waals surface area contributed by atoms with Crippen molar-refractivity contribution in [1.29, 1.82) is 0 Å². The minimum atomic E-state index is -0.386. The number of benzene rings is 2. The van der Waals surface area contributed by atoms with Crippen LogP contribution in [0.25, 0.3) is 0 Å². The fourth-order valence-electron chi connectivity index (χ4n) is 2.79. The number of nitrogens with one attached hydrogen (secondary N) is 1. The smallest absolute Gasteiger partial charge is 0.248 e. The van der Waals surface area contributed by atoms with Crippen LogP contribution in [0.5, 0.6) is 0 Å². The first-order chi connectivity index (χ1) is 9.72. The number of carbonyl (C=O) groups excluding carboxylic acids is 1. The Balaban J connectivity index is 1.69. The first kappa shape index (κ1) is 12.7. The molecule has 1 amide bonds. The van der Waals surface area contributed by atoms with Gasteiger partial charge in [-0.05, 0) is 54.7 Å². The minimum absolute atomic E-state index is 0.386. The third kappa shape index (κ3) is 2.67. The van der Waals surface area contributed by atoms with E-state index in [0.717, 1.165) is 24.9 Å². The van der Waals surface area contributed by atoms with E-state index >= 15 is 0 Å². The molecule has 0 aliphatic heterocycles. The van der Waals surface area contributed by atoms with E-state index in [0.29, 0.717) is 11.6 Å². The standard InChI is InChI=1S/C17H18N2O/c18-17(20)13-6-8-15(9-7-13)19-16-10-5-12-3-1-2-4-14(12)11-16/h1-4,6-9,16,19H,5,10-11H2,(H2,18,20). The number of aryl methyl sites for hydroxylation is 1. The van der Waals surface area contributed by atoms with Gasteiger partial charge in [0.1, 0.15) is 0 Å². The molecule has 0 saturated carbocycles. The van der Waals surface area contributed by atoms with Crippen molar-refractivity contribution in [3.63, 3.8) is 0 Å². The zero-order chi connectivity index (χ0) is 13.9. The Kier molecular flexibility index (Phi) is 3.42. The maximum absolute atomic E-state index is 11.0. The molecule has 0 saturated heterocycles. The topological polar surface area (TPSA) is 55.1 Å². The van der Waals surface area contributed by atoms with E-state index in [-0.39, 0.29) is 5.91 Å². The molecular weight excluding hydrogens is 248 g/mol. The van der Waals surface area contributed by atoms with E-state index in [1.54, 1.807) is 12.1 Å². The van der Waals surface area contributed by atoms with Crippen LogP contribution < -0.4 is 11.1 Å². The Bertz CT molecular complexity index is 619. The van der Waals surface area contributed by atoms with Gasteiger partial charge in [0.05, 0.1) is 0 Å². The summed E-state index contributed by atoms with van der Waals surface area (Å²) in [5.74, 6) is -0.386. The van der Waals surface area contributed by atoms with Gasteiger partial charge in [-0.25, -0.2) is 0 Å². The first-order valence-corrected chi connectivity index (χ1v) is 6.95. The van der Waals surface area contributed by atoms with Crippen LogP contribution in [0.4, 0.5) is 5.69 Å². The lowest BCUT2D eigenvalue weighted by Crippen LogP contribution is -2.27. The van der Waals surface area contributed by atoms with Crippen molar-refractivity contribution in [2.45, 2.75) is 25.3 Å². The molecule has 0 radical (unpaired) electrons. The van der Waals surface area contributed by atoms with E-state index in [2.05, 4.69) is 29.6 Å². The lowest BCUT2D eigenvalue weighted by molar-refractivity contribution is 0.100. The molecule has 2 aromatic carbocycles. The first-order valence-electron chi connectivity index (χ1n) is 6.95. The monoisotopic (exact) mass is 266 g/mol. The lowest BCUT2D eigenvalue weighted by atomic mass is 9.88. The van der Waals surface area contributed by atoms with Crippen molar-refractivity contribution in [3.8, 4) is 0 Å². The van der Waals surface area contributed by atoms with Gasteiger partial charge in [-0.15, -0.1) is 0 Å². The van der Waals surface area contributed by atoms with Crippen LogP contribution in [0, 0.1) is 0 Å². The van der Waals surface area contributed by atoms with Crippen LogP contribution in [0.15, 0.2) is 48.5 Å². The highest BCUT2D eigenvalue weighted by molar-refractivity contribution is 5.93. The molecule has 20 heavy (non-hydrogen) atoms. The molecule has 1 atom stereocenters. The second kappa shape index (κ2) is 5.37. The molecule has 0 heterocycles. The number of hydrogen-bond donors (Lipinski definition) is 2. The van der Waals surface area contributed by atoms with Crippen LogP contribution in [0.1, 0.15) is 27.9 Å². The summed E-state index contributed by atoms with van der Waals surface area (Å²) in [5, 5.41) is 3.54. The molecule has 0 fully saturated rings. The molecule has 0 aromatic heterocycles. The maximum Gasteiger partial charge on any atom is 0.248 e. The molecule has 2 aromatic rings. The van der Waals surface area contributed by atoms with Crippen molar-refractivity contribution in [2.75, 3.05) is 5.32 Å². The summed E-state index contributed by atoms with van der Waals surface area (Å²) in [5.41, 5.74) is 9.73. The van der Waals surface area contributed by atoms with Gasteiger partial charge in [0.25, 0.3) is 0 Å². The molecular formula is C17H18N2O. The van der Waals surface area contributed by atoms with Crippen LogP contribution >= 0.6 is 0 Å². The number of primary amides is 1. The fourth-order valence-corrected chi connectivity index (χ4v) is 2.79. The highest BCUT2D eigenvalue weighted by atomic mass is 16.1. The SMILES string of the molecule is NC(=O)c1ccc(NC2CCc3ccccc3C2)cc1. The molecule has 3 heteroatoms. The normalized spacial score (nSPS) is 17.3. The highest BCUT2D eigenvalue weighted by Crippen LogP contribution is 2.23. The fraction of sp³-hybridized carbons (Fsp3) is 0.235. The van der Waals surface area contributed by atoms with E-state index in [1.165, 1.54) is 11.1 Å². The van der Waals surface area contributed by atoms with E-state index in [9.17, 15) is 4.79 Å². The Morgan fingerprint density at radius 1 is 1.05 bits per heavy atom. The van der Waals surface area contributed by atoms with Crippen molar-refractivity contribution in [3.05, 3.63) is 65.2 Å². The zero-order valence-corrected chi connectivity index (χ0v) is 11.3. The number of nitrogens with two attached hydrogens (primary N) is 1. The second-order valence-corrected chi connectivity index (χ2v) is 5.29. The van der Waals surface area contributed by atoms with E-state index in [1.807, 2.05) is 12.1 Å². The van der Waals surface area contributed by atoms with Gasteiger partial charge < -0.3 is 11.1 Å². The Hall–Kier alpha value is -2.29. The third-order valence-electron chi connectivity index (χ3n) is 3.89. The van der Waals surface area contributed by atoms with Gasteiger partial charge in [-0.1, -0.05) is 24.3 Å². The summed E-state index contributed by atoms with van der Waals surface area (Å²) in [6, 6.07) is 16.4. The number of carbonyl (C=O) groups is 1. The summed E-state index contributed by atoms with van der Waals surface area (Å²) < 4.78 is 0. The molecule has 102 valence electrons. The molecule has 1 aliphatic rings. The summed E-state index contributed by atoms with van der Waals surface area (Å²) in [7, 11) is 0. The largest absolute Gasteiger partial charge is 0.382 e. The Morgan fingerprint density at radius 3 is 2.45 bits per heavy atom. The van der Waals surface area contributed by atoms with Gasteiger partial charge in [-0.2, -0.15) is 0 Å². The third-order valence-corrected chi connectivity index (χ3v) is 3.89. The summed E-state index contributed by atoms with van der Waals surface area (Å²) in [6.07, 6.45) is 3.30. The van der Waals surface area contributed by atoms with Crippen LogP contribution in [-0.2, 0) is 12.8 Å². The summed E-state index contributed by atoms with van der Waals surface area (Å²) >= 11 is 0. The van der Waals surface area contributed by atoms with E-state index < -0.39 is 0 Å². The van der Waals surface area contributed by atoms with Crippen molar-refractivity contribution in [1.82, 2.24) is 0 Å². The Labute approximate surface area is 118 Å². The van der Waals surface area contributed by atoms with Crippen LogP contribution in [-0.4, -0.2) is 11.9 Å². The number of fused-ring (bicyclic) bond motifs is 1. The summed E-state index contributed by atoms with van der Waals surface area (Å²) in [6.45, 7) is 0. The molecule has 1 unspecified atom stereocenters.